The zero-order valence-electron chi connectivity index (χ0n) is 24.2. The van der Waals surface area contributed by atoms with Crippen LogP contribution in [-0.2, 0) is 48.2 Å². The van der Waals surface area contributed by atoms with Gasteiger partial charge in [0.15, 0.2) is 6.29 Å². The second-order valence-corrected chi connectivity index (χ2v) is 10.6. The smallest absolute Gasteiger partial charge is 0.161 e. The Morgan fingerprint density at radius 1 is 0.750 bits per heavy atom. The van der Waals surface area contributed by atoms with Crippen LogP contribution < -0.4 is 0 Å². The zero-order valence-corrected chi connectivity index (χ0v) is 24.2. The molecule has 216 valence electrons. The van der Waals surface area contributed by atoms with Crippen molar-refractivity contribution in [3.8, 4) is 0 Å². The summed E-state index contributed by atoms with van der Waals surface area (Å²) in [6.07, 6.45) is -0.667. The van der Waals surface area contributed by atoms with Crippen LogP contribution in [-0.4, -0.2) is 50.5 Å². The highest BCUT2D eigenvalue weighted by Crippen LogP contribution is 2.30. The molecule has 0 radical (unpaired) electrons. The van der Waals surface area contributed by atoms with Gasteiger partial charge in [-0.05, 0) is 30.5 Å². The highest BCUT2D eigenvalue weighted by molar-refractivity contribution is 5.15. The van der Waals surface area contributed by atoms with Crippen LogP contribution in [0.1, 0.15) is 43.9 Å². The minimum atomic E-state index is -0.415. The van der Waals surface area contributed by atoms with Crippen molar-refractivity contribution in [2.75, 3.05) is 13.7 Å². The lowest BCUT2D eigenvalue weighted by atomic mass is 9.98. The number of hydrogen-bond donors (Lipinski definition) is 0. The highest BCUT2D eigenvalue weighted by Gasteiger charge is 2.40. The molecule has 1 aliphatic rings. The first-order valence-electron chi connectivity index (χ1n) is 14.3. The molecule has 0 amide bonds. The summed E-state index contributed by atoms with van der Waals surface area (Å²) in [5.41, 5.74) is 3.38. The molecule has 3 aromatic carbocycles. The summed E-state index contributed by atoms with van der Waals surface area (Å²) in [7, 11) is 1.70. The fourth-order valence-electron chi connectivity index (χ4n) is 5.00. The van der Waals surface area contributed by atoms with Gasteiger partial charge in [0.2, 0.25) is 0 Å². The summed E-state index contributed by atoms with van der Waals surface area (Å²) >= 11 is 0. The first-order chi connectivity index (χ1) is 19.5. The van der Waals surface area contributed by atoms with Gasteiger partial charge < -0.3 is 28.4 Å². The molecule has 0 saturated carbocycles. The maximum atomic E-state index is 6.50. The standard InChI is InChI=1S/C34H44O6/c1-25(32(24-35-4)37-22-29-16-10-6-11-17-29)26(2)39-33-20-31(36-21-28-14-8-5-9-15-28)34(27(3)40-33)38-23-30-18-12-7-13-19-30/h5-19,25-27,31-34H,20-24H2,1-4H3. The van der Waals surface area contributed by atoms with Gasteiger partial charge in [-0.2, -0.15) is 0 Å². The Kier molecular flexibility index (Phi) is 12.2. The average Bonchev–Trinajstić information content (AvgIpc) is 2.99. The molecule has 0 aliphatic carbocycles. The van der Waals surface area contributed by atoms with E-state index >= 15 is 0 Å². The Morgan fingerprint density at radius 2 is 1.27 bits per heavy atom. The second-order valence-electron chi connectivity index (χ2n) is 10.6. The van der Waals surface area contributed by atoms with Crippen LogP contribution in [0.5, 0.6) is 0 Å². The van der Waals surface area contributed by atoms with Crippen molar-refractivity contribution in [1.82, 2.24) is 0 Å². The van der Waals surface area contributed by atoms with Crippen molar-refractivity contribution in [2.45, 2.75) is 83.8 Å². The second kappa shape index (κ2) is 16.0. The Bertz CT molecular complexity index is 1080. The van der Waals surface area contributed by atoms with Gasteiger partial charge in [0.1, 0.15) is 6.10 Å². The van der Waals surface area contributed by atoms with E-state index in [1.807, 2.05) is 61.5 Å². The van der Waals surface area contributed by atoms with E-state index in [1.165, 1.54) is 0 Å². The first-order valence-corrected chi connectivity index (χ1v) is 14.3. The van der Waals surface area contributed by atoms with Crippen molar-refractivity contribution < 1.29 is 28.4 Å². The molecule has 3 aromatic rings. The van der Waals surface area contributed by atoms with Crippen LogP contribution >= 0.6 is 0 Å². The van der Waals surface area contributed by atoms with Crippen molar-refractivity contribution in [3.05, 3.63) is 108 Å². The quantitative estimate of drug-likeness (QED) is 0.214. The van der Waals surface area contributed by atoms with E-state index in [0.717, 1.165) is 16.7 Å². The van der Waals surface area contributed by atoms with Gasteiger partial charge >= 0.3 is 0 Å². The van der Waals surface area contributed by atoms with Gasteiger partial charge in [-0.1, -0.05) is 97.9 Å². The number of hydrogen-bond acceptors (Lipinski definition) is 6. The maximum Gasteiger partial charge on any atom is 0.161 e. The first kappa shape index (κ1) is 30.4. The predicted octanol–water partition coefficient (Wildman–Crippen LogP) is 6.57. The number of ether oxygens (including phenoxy) is 6. The van der Waals surface area contributed by atoms with Crippen molar-refractivity contribution >= 4 is 0 Å². The molecule has 40 heavy (non-hydrogen) atoms. The maximum absolute atomic E-state index is 6.50. The van der Waals surface area contributed by atoms with E-state index in [9.17, 15) is 0 Å². The highest BCUT2D eigenvalue weighted by atomic mass is 16.7. The molecule has 1 saturated heterocycles. The van der Waals surface area contributed by atoms with Crippen LogP contribution in [0.15, 0.2) is 91.0 Å². The van der Waals surface area contributed by atoms with Crippen LogP contribution in [0, 0.1) is 5.92 Å². The summed E-state index contributed by atoms with van der Waals surface area (Å²) in [5.74, 6) is 0.0818. The summed E-state index contributed by atoms with van der Waals surface area (Å²) in [5, 5.41) is 0. The molecule has 7 unspecified atom stereocenters. The number of rotatable bonds is 15. The van der Waals surface area contributed by atoms with Gasteiger partial charge in [0, 0.05) is 19.4 Å². The Balaban J connectivity index is 1.38. The van der Waals surface area contributed by atoms with E-state index < -0.39 is 6.29 Å². The Hall–Kier alpha value is -2.58. The molecule has 0 bridgehead atoms. The van der Waals surface area contributed by atoms with E-state index in [0.29, 0.717) is 32.8 Å². The average molecular weight is 549 g/mol. The molecular formula is C34H44O6. The Labute approximate surface area is 239 Å². The van der Waals surface area contributed by atoms with Gasteiger partial charge in [0.05, 0.1) is 50.8 Å². The van der Waals surface area contributed by atoms with Crippen molar-refractivity contribution in [3.63, 3.8) is 0 Å². The lowest BCUT2D eigenvalue weighted by Gasteiger charge is -2.41. The van der Waals surface area contributed by atoms with Crippen molar-refractivity contribution in [2.24, 2.45) is 5.92 Å². The minimum Gasteiger partial charge on any atom is -0.382 e. The SMILES string of the molecule is COCC(OCc1ccccc1)C(C)C(C)OC1CC(OCc2ccccc2)C(OCc2ccccc2)C(C)O1. The van der Waals surface area contributed by atoms with Gasteiger partial charge in [0.25, 0.3) is 0 Å². The summed E-state index contributed by atoms with van der Waals surface area (Å²) in [6, 6.07) is 30.6. The molecular weight excluding hydrogens is 504 g/mol. The Morgan fingerprint density at radius 3 is 1.82 bits per heavy atom. The van der Waals surface area contributed by atoms with E-state index in [-0.39, 0.29) is 36.4 Å². The number of benzene rings is 3. The zero-order chi connectivity index (χ0) is 28.2. The van der Waals surface area contributed by atoms with Crippen LogP contribution in [0.2, 0.25) is 0 Å². The third-order valence-corrected chi connectivity index (χ3v) is 7.54. The van der Waals surface area contributed by atoms with E-state index in [1.54, 1.807) is 7.11 Å². The molecule has 4 rings (SSSR count). The van der Waals surface area contributed by atoms with Gasteiger partial charge in [-0.15, -0.1) is 0 Å². The summed E-state index contributed by atoms with van der Waals surface area (Å²) in [4.78, 5) is 0. The largest absolute Gasteiger partial charge is 0.382 e. The summed E-state index contributed by atoms with van der Waals surface area (Å²) in [6.45, 7) is 8.27. The van der Waals surface area contributed by atoms with Gasteiger partial charge in [-0.25, -0.2) is 0 Å². The molecule has 0 aromatic heterocycles. The number of methoxy groups -OCH3 is 1. The summed E-state index contributed by atoms with van der Waals surface area (Å²) < 4.78 is 37.5. The minimum absolute atomic E-state index is 0.0818. The van der Waals surface area contributed by atoms with Crippen LogP contribution in [0.3, 0.4) is 0 Å². The topological polar surface area (TPSA) is 55.4 Å². The molecule has 1 heterocycles. The van der Waals surface area contributed by atoms with Crippen LogP contribution in [0.25, 0.3) is 0 Å². The normalized spacial score (nSPS) is 23.4. The molecule has 1 aliphatic heterocycles. The third kappa shape index (κ3) is 9.23. The lowest BCUT2D eigenvalue weighted by Crippen LogP contribution is -2.51. The molecule has 0 N–H and O–H groups in total. The predicted molar refractivity (Wildman–Crippen MR) is 156 cm³/mol. The van der Waals surface area contributed by atoms with Crippen LogP contribution in [0.4, 0.5) is 0 Å². The molecule has 0 spiro atoms. The lowest BCUT2D eigenvalue weighted by molar-refractivity contribution is -0.281. The van der Waals surface area contributed by atoms with Crippen molar-refractivity contribution in [1.29, 1.82) is 0 Å². The monoisotopic (exact) mass is 548 g/mol. The van der Waals surface area contributed by atoms with E-state index in [2.05, 4.69) is 50.2 Å². The molecule has 6 heteroatoms. The van der Waals surface area contributed by atoms with Gasteiger partial charge in [-0.3, -0.25) is 0 Å². The molecule has 1 fully saturated rings. The fourth-order valence-corrected chi connectivity index (χ4v) is 5.00. The van der Waals surface area contributed by atoms with E-state index in [4.69, 9.17) is 28.4 Å². The third-order valence-electron chi connectivity index (χ3n) is 7.54. The fraction of sp³-hybridized carbons (Fsp3) is 0.471. The molecule has 6 nitrogen and oxygen atoms in total. The molecule has 7 atom stereocenters.